The van der Waals surface area contributed by atoms with Gasteiger partial charge in [-0.3, -0.25) is 9.88 Å². The van der Waals surface area contributed by atoms with Gasteiger partial charge in [0.1, 0.15) is 6.29 Å². The van der Waals surface area contributed by atoms with Crippen molar-refractivity contribution < 1.29 is 9.90 Å². The Hall–Kier alpha value is -1.46. The average molecular weight is 395 g/mol. The van der Waals surface area contributed by atoms with Gasteiger partial charge in [0.25, 0.3) is 0 Å². The van der Waals surface area contributed by atoms with Crippen LogP contribution in [0.1, 0.15) is 36.1 Å². The third-order valence-corrected chi connectivity index (χ3v) is 5.20. The predicted octanol–water partition coefficient (Wildman–Crippen LogP) is 4.12. The lowest BCUT2D eigenvalue weighted by molar-refractivity contribution is -0.107. The number of likely N-dealkylation sites (N-methyl/N-ethyl adjacent to an activating group) is 1. The van der Waals surface area contributed by atoms with E-state index in [1.165, 1.54) is 11.1 Å². The minimum atomic E-state index is -0.533. The highest BCUT2D eigenvalue weighted by molar-refractivity contribution is 6.42. The zero-order chi connectivity index (χ0) is 19.1. The Bertz CT molecular complexity index is 694. The number of nitrogens with zero attached hydrogens (tertiary/aromatic N) is 2. The lowest BCUT2D eigenvalue weighted by atomic mass is 10.1. The van der Waals surface area contributed by atoms with E-state index in [1.807, 2.05) is 38.2 Å². The van der Waals surface area contributed by atoms with E-state index in [0.717, 1.165) is 24.7 Å². The number of pyridine rings is 1. The van der Waals surface area contributed by atoms with Crippen molar-refractivity contribution in [2.24, 2.45) is 0 Å². The van der Waals surface area contributed by atoms with Crippen LogP contribution in [0.3, 0.4) is 0 Å². The van der Waals surface area contributed by atoms with Crippen molar-refractivity contribution in [2.45, 2.75) is 38.3 Å². The summed E-state index contributed by atoms with van der Waals surface area (Å²) in [5.74, 6) is 0. The fraction of sp³-hybridized carbons (Fsp3) is 0.400. The van der Waals surface area contributed by atoms with E-state index in [4.69, 9.17) is 23.2 Å². The topological polar surface area (TPSA) is 53.4 Å². The fourth-order valence-corrected chi connectivity index (χ4v) is 3.37. The van der Waals surface area contributed by atoms with E-state index < -0.39 is 6.10 Å². The van der Waals surface area contributed by atoms with Crippen LogP contribution in [0.5, 0.6) is 0 Å². The maximum atomic E-state index is 10.3. The number of rotatable bonds is 5. The van der Waals surface area contributed by atoms with E-state index >= 15 is 0 Å². The molecule has 1 atom stereocenters. The Morgan fingerprint density at radius 2 is 1.88 bits per heavy atom. The van der Waals surface area contributed by atoms with Crippen LogP contribution >= 0.6 is 23.2 Å². The Morgan fingerprint density at radius 1 is 1.31 bits per heavy atom. The predicted molar refractivity (Wildman–Crippen MR) is 106 cm³/mol. The number of hydrogen-bond donors (Lipinski definition) is 1. The zero-order valence-electron chi connectivity index (χ0n) is 15.0. The summed E-state index contributed by atoms with van der Waals surface area (Å²) in [6.45, 7) is 2.39. The van der Waals surface area contributed by atoms with Crippen LogP contribution < -0.4 is 0 Å². The van der Waals surface area contributed by atoms with Gasteiger partial charge in [0.2, 0.25) is 0 Å². The smallest absolute Gasteiger partial charge is 0.119 e. The van der Waals surface area contributed by atoms with Crippen LogP contribution in [0.15, 0.2) is 36.7 Å². The van der Waals surface area contributed by atoms with Gasteiger partial charge in [0, 0.05) is 37.0 Å². The molecule has 26 heavy (non-hydrogen) atoms. The molecule has 3 rings (SSSR count). The first-order valence-corrected chi connectivity index (χ1v) is 9.40. The molecule has 0 aliphatic heterocycles. The van der Waals surface area contributed by atoms with E-state index in [9.17, 15) is 9.90 Å². The summed E-state index contributed by atoms with van der Waals surface area (Å²) in [6, 6.07) is 8.02. The van der Waals surface area contributed by atoms with Gasteiger partial charge in [0.15, 0.2) is 0 Å². The number of carbonyl (C=O) groups excluding carboxylic acids is 1. The summed E-state index contributed by atoms with van der Waals surface area (Å²) in [5.41, 5.74) is 3.35. The summed E-state index contributed by atoms with van der Waals surface area (Å²) in [6.07, 6.45) is 6.27. The molecule has 1 N–H and O–H groups in total. The van der Waals surface area contributed by atoms with Gasteiger partial charge in [-0.15, -0.1) is 0 Å². The standard InChI is InChI=1S/C17H18Cl2N2O.C3H6O/c1-21(10-17(22)11-3-2-4-20-9-11)14-5-12-7-15(18)16(19)8-13(12)6-14;1-2-3-4/h2-4,7-9,14,17,22H,5-6,10H2,1H3;3H,2H2,1H3. The second-order valence-electron chi connectivity index (χ2n) is 6.41. The molecule has 0 spiro atoms. The van der Waals surface area contributed by atoms with E-state index in [1.54, 1.807) is 12.4 Å². The summed E-state index contributed by atoms with van der Waals surface area (Å²) < 4.78 is 0. The second-order valence-corrected chi connectivity index (χ2v) is 7.23. The first-order chi connectivity index (χ1) is 12.5. The average Bonchev–Trinajstić information content (AvgIpc) is 3.06. The highest BCUT2D eigenvalue weighted by Crippen LogP contribution is 2.33. The van der Waals surface area contributed by atoms with Crippen LogP contribution in [0.4, 0.5) is 0 Å². The summed E-state index contributed by atoms with van der Waals surface area (Å²) in [4.78, 5) is 15.4. The quantitative estimate of drug-likeness (QED) is 0.774. The molecule has 0 fully saturated rings. The van der Waals surface area contributed by atoms with Gasteiger partial charge >= 0.3 is 0 Å². The van der Waals surface area contributed by atoms with Gasteiger partial charge in [-0.25, -0.2) is 0 Å². The molecule has 1 heterocycles. The molecule has 0 bridgehead atoms. The molecule has 1 unspecified atom stereocenters. The summed E-state index contributed by atoms with van der Waals surface area (Å²) in [5, 5.41) is 11.6. The van der Waals surface area contributed by atoms with Crippen molar-refractivity contribution in [1.29, 1.82) is 0 Å². The van der Waals surface area contributed by atoms with Crippen LogP contribution in [-0.2, 0) is 17.6 Å². The van der Waals surface area contributed by atoms with Crippen molar-refractivity contribution in [3.63, 3.8) is 0 Å². The van der Waals surface area contributed by atoms with E-state index in [-0.39, 0.29) is 0 Å². The van der Waals surface area contributed by atoms with Gasteiger partial charge < -0.3 is 9.90 Å². The SMILES string of the molecule is CCC=O.CN(CC(O)c1cccnc1)C1Cc2cc(Cl)c(Cl)cc2C1. The van der Waals surface area contributed by atoms with Crippen LogP contribution in [0, 0.1) is 0 Å². The van der Waals surface area contributed by atoms with Crippen LogP contribution in [-0.4, -0.2) is 40.9 Å². The van der Waals surface area contributed by atoms with Gasteiger partial charge in [-0.1, -0.05) is 36.2 Å². The van der Waals surface area contributed by atoms with Gasteiger partial charge in [-0.05, 0) is 49.2 Å². The molecule has 0 radical (unpaired) electrons. The maximum absolute atomic E-state index is 10.3. The molecule has 1 aliphatic rings. The number of benzene rings is 1. The second kappa shape index (κ2) is 10.0. The molecular formula is C20H24Cl2N2O2. The molecule has 0 amide bonds. The molecular weight excluding hydrogens is 371 g/mol. The molecule has 1 aromatic carbocycles. The molecule has 140 valence electrons. The molecule has 6 heteroatoms. The number of aromatic nitrogens is 1. The number of aldehydes is 1. The fourth-order valence-electron chi connectivity index (χ4n) is 3.00. The lowest BCUT2D eigenvalue weighted by Crippen LogP contribution is -2.35. The normalized spacial score (nSPS) is 14.5. The monoisotopic (exact) mass is 394 g/mol. The van der Waals surface area contributed by atoms with Crippen LogP contribution in [0.2, 0.25) is 10.0 Å². The number of hydrogen-bond acceptors (Lipinski definition) is 4. The van der Waals surface area contributed by atoms with Crippen molar-refractivity contribution in [2.75, 3.05) is 13.6 Å². The Morgan fingerprint density at radius 3 is 2.35 bits per heavy atom. The Kier molecular flexibility index (Phi) is 8.04. The molecule has 2 aromatic rings. The van der Waals surface area contributed by atoms with Crippen molar-refractivity contribution in [3.8, 4) is 0 Å². The highest BCUT2D eigenvalue weighted by Gasteiger charge is 2.27. The molecule has 1 aromatic heterocycles. The maximum Gasteiger partial charge on any atom is 0.119 e. The van der Waals surface area contributed by atoms with Crippen molar-refractivity contribution in [3.05, 3.63) is 63.4 Å². The largest absolute Gasteiger partial charge is 0.387 e. The first kappa shape index (κ1) is 20.8. The molecule has 4 nitrogen and oxygen atoms in total. The number of halogens is 2. The van der Waals surface area contributed by atoms with E-state index in [2.05, 4.69) is 9.88 Å². The molecule has 0 saturated carbocycles. The number of fused-ring (bicyclic) bond motifs is 1. The van der Waals surface area contributed by atoms with Crippen LogP contribution in [0.25, 0.3) is 0 Å². The molecule has 1 aliphatic carbocycles. The van der Waals surface area contributed by atoms with Crippen molar-refractivity contribution >= 4 is 29.5 Å². The summed E-state index contributed by atoms with van der Waals surface area (Å²) >= 11 is 12.2. The highest BCUT2D eigenvalue weighted by atomic mass is 35.5. The number of aliphatic hydroxyl groups is 1. The van der Waals surface area contributed by atoms with Crippen molar-refractivity contribution in [1.82, 2.24) is 9.88 Å². The minimum Gasteiger partial charge on any atom is -0.387 e. The van der Waals surface area contributed by atoms with E-state index in [0.29, 0.717) is 29.1 Å². The Labute approximate surface area is 164 Å². The third kappa shape index (κ3) is 5.52. The van der Waals surface area contributed by atoms with Gasteiger partial charge in [-0.2, -0.15) is 0 Å². The summed E-state index contributed by atoms with van der Waals surface area (Å²) in [7, 11) is 2.04. The number of carbonyl (C=O) groups is 1. The number of aliphatic hydroxyl groups excluding tert-OH is 1. The molecule has 0 saturated heterocycles. The minimum absolute atomic E-state index is 0.357. The van der Waals surface area contributed by atoms with Gasteiger partial charge in [0.05, 0.1) is 16.1 Å². The zero-order valence-corrected chi connectivity index (χ0v) is 16.5. The first-order valence-electron chi connectivity index (χ1n) is 8.64. The third-order valence-electron chi connectivity index (χ3n) is 4.47. The Balaban J connectivity index is 0.000000552. The lowest BCUT2D eigenvalue weighted by Gasteiger charge is -2.26.